The number of carbonyl (C=O) groups is 4. The Kier molecular flexibility index (Phi) is 10.7. The molecule has 0 unspecified atom stereocenters. The highest BCUT2D eigenvalue weighted by Gasteiger charge is 2.61. The molecule has 12 nitrogen and oxygen atoms in total. The number of ether oxygens (including phenoxy) is 2. The lowest BCUT2D eigenvalue weighted by Gasteiger charge is -2.26. The number of nitrogens with zero attached hydrogens (tertiary/aromatic N) is 4. The summed E-state index contributed by atoms with van der Waals surface area (Å²) < 4.78 is 72.4. The third kappa shape index (κ3) is 6.94. The summed E-state index contributed by atoms with van der Waals surface area (Å²) >= 11 is 4.55. The number of halogens is 4. The van der Waals surface area contributed by atoms with Crippen LogP contribution < -0.4 is 11.5 Å². The predicted octanol–water partition coefficient (Wildman–Crippen LogP) is 10.9. The molecule has 71 heavy (non-hydrogen) atoms. The fourth-order valence-electron chi connectivity index (χ4n) is 8.82. The maximum absolute atomic E-state index is 15.3. The molecule has 4 aromatic carbocycles. The Labute approximate surface area is 413 Å². The number of thiophene rings is 4. The van der Waals surface area contributed by atoms with Crippen molar-refractivity contribution < 1.29 is 46.2 Å². The van der Waals surface area contributed by atoms with Crippen LogP contribution in [0.1, 0.15) is 54.1 Å². The van der Waals surface area contributed by atoms with Crippen LogP contribution in [0.3, 0.4) is 0 Å². The van der Waals surface area contributed by atoms with Crippen molar-refractivity contribution in [3.8, 4) is 21.9 Å². The molecule has 0 saturated carbocycles. The number of hydrogen-bond acceptors (Lipinski definition) is 16. The van der Waals surface area contributed by atoms with E-state index in [1.165, 1.54) is 28.7 Å². The lowest BCUT2D eigenvalue weighted by molar-refractivity contribution is -0.164. The van der Waals surface area contributed by atoms with E-state index in [9.17, 15) is 37.7 Å². The number of rotatable bonds is 8. The zero-order valence-corrected chi connectivity index (χ0v) is 39.0. The number of ketones is 2. The van der Waals surface area contributed by atoms with E-state index in [1.807, 2.05) is 0 Å². The van der Waals surface area contributed by atoms with E-state index in [2.05, 4.69) is 9.98 Å². The van der Waals surface area contributed by atoms with Crippen molar-refractivity contribution in [2.24, 2.45) is 21.5 Å². The highest BCUT2D eigenvalue weighted by atomic mass is 32.1. The summed E-state index contributed by atoms with van der Waals surface area (Å²) in [4.78, 5) is 68.1. The second-order valence-corrected chi connectivity index (χ2v) is 20.2. The lowest BCUT2D eigenvalue weighted by atomic mass is 9.79. The number of nitrogens with two attached hydrogens (primary N) is 2. The first kappa shape index (κ1) is 45.1. The summed E-state index contributed by atoms with van der Waals surface area (Å²) in [5, 5.41) is 19.9. The first-order chi connectivity index (χ1) is 34.2. The average Bonchev–Trinajstić information content (AvgIpc) is 4.24. The summed E-state index contributed by atoms with van der Waals surface area (Å²) in [6, 6.07) is 27.1. The molecule has 3 aliphatic carbocycles. The van der Waals surface area contributed by atoms with Crippen LogP contribution in [0, 0.1) is 45.9 Å². The normalized spacial score (nSPS) is 16.8. The van der Waals surface area contributed by atoms with Gasteiger partial charge in [0, 0.05) is 49.2 Å². The molecular weight excluding hydrogens is 997 g/mol. The zero-order chi connectivity index (χ0) is 49.6. The monoisotopic (exact) mass is 1020 g/mol. The van der Waals surface area contributed by atoms with Crippen molar-refractivity contribution in [2.45, 2.75) is 18.6 Å². The molecule has 0 bridgehead atoms. The van der Waals surface area contributed by atoms with Gasteiger partial charge in [0.2, 0.25) is 17.0 Å². The summed E-state index contributed by atoms with van der Waals surface area (Å²) in [7, 11) is 0. The second kappa shape index (κ2) is 16.9. The Morgan fingerprint density at radius 3 is 1.52 bits per heavy atom. The van der Waals surface area contributed by atoms with Gasteiger partial charge in [-0.15, -0.1) is 45.3 Å². The molecule has 4 N–H and O–H groups in total. The van der Waals surface area contributed by atoms with Crippen LogP contribution in [-0.4, -0.2) is 34.9 Å². The van der Waals surface area contributed by atoms with E-state index in [4.69, 9.17) is 20.9 Å². The minimum absolute atomic E-state index is 0.0516. The topological polar surface area (TPSA) is 211 Å². The van der Waals surface area contributed by atoms with Crippen LogP contribution in [0.15, 0.2) is 118 Å². The molecule has 0 atom stereocenters. The number of allylic oxidation sites excluding steroid dienone is 4. The number of aliphatic imine (C=N–C) groups is 2. The number of benzene rings is 4. The van der Waals surface area contributed by atoms with Crippen LogP contribution in [-0.2, 0) is 37.7 Å². The first-order valence-electron chi connectivity index (χ1n) is 20.9. The number of hydrogen-bond donors (Lipinski definition) is 2. The largest absolute Gasteiger partial charge is 0.459 e. The van der Waals surface area contributed by atoms with E-state index in [0.717, 1.165) is 40.9 Å². The van der Waals surface area contributed by atoms with E-state index < -0.39 is 69.3 Å². The molecule has 20 heteroatoms. The summed E-state index contributed by atoms with van der Waals surface area (Å²) in [5.41, 5.74) is 8.64. The Hall–Kier alpha value is -8.40. The minimum Gasteiger partial charge on any atom is -0.459 e. The van der Waals surface area contributed by atoms with Gasteiger partial charge < -0.3 is 20.9 Å². The van der Waals surface area contributed by atoms with Crippen molar-refractivity contribution >= 4 is 120 Å². The quantitative estimate of drug-likeness (QED) is 0.0636. The Balaban J connectivity index is 1.11. The Bertz CT molecular complexity index is 3910. The van der Waals surface area contributed by atoms with Gasteiger partial charge in [0.25, 0.3) is 0 Å². The van der Waals surface area contributed by atoms with Gasteiger partial charge in [-0.3, -0.25) is 19.2 Å². The molecule has 8 aromatic rings. The van der Waals surface area contributed by atoms with Crippen molar-refractivity contribution in [2.75, 3.05) is 0 Å². The Morgan fingerprint density at radius 1 is 0.577 bits per heavy atom. The van der Waals surface area contributed by atoms with Gasteiger partial charge >= 0.3 is 11.9 Å². The SMILES string of the molecule is N#C/C(N)=C1/C(=N/c2cc3c(s2)-c2sc4c(sc5cc(/N=C6/C(=O)c7cc(F)c(F)cc7/C6=C(\N)C#N)sc54)c2C3(C(=O)OCc2ccccc2)C(=O)OCc2ccccc2)C(=O)c2cc(F)c(F)cc21. The average molecular weight is 1020 g/mol. The van der Waals surface area contributed by atoms with Gasteiger partial charge in [-0.25, -0.2) is 27.5 Å². The predicted molar refractivity (Wildman–Crippen MR) is 261 cm³/mol. The third-order valence-corrected chi connectivity index (χ3v) is 17.0. The molecule has 0 fully saturated rings. The molecule has 0 spiro atoms. The fourth-order valence-corrected chi connectivity index (χ4v) is 14.3. The maximum atomic E-state index is 15.3. The van der Waals surface area contributed by atoms with Crippen molar-refractivity contribution in [3.05, 3.63) is 176 Å². The van der Waals surface area contributed by atoms with Gasteiger partial charge in [0.1, 0.15) is 58.2 Å². The molecule has 0 radical (unpaired) electrons. The lowest BCUT2D eigenvalue weighted by Crippen LogP contribution is -2.45. The van der Waals surface area contributed by atoms with E-state index in [1.54, 1.807) is 78.9 Å². The standard InChI is InChI=1S/C51H24F4N6O6S4/c52-28-11-23-25(13-30(28)54)42(62)40(37(23)32(58)17-56)60-35-15-27-44(69-35)46-39(51(27,49(64)66-19-21-7-3-1-4-8-21)50(65)67-20-22-9-5-2-6-10-22)47-48(71-46)45-34(68-47)16-36(70-45)61-41-38(33(59)18-57)24-12-29(53)31(55)14-26(24)43(41)63/h1-16H,19-20,58-59H2/b37-32-,38-33+,60-40-,61-41+. The van der Waals surface area contributed by atoms with Crippen molar-refractivity contribution in [1.29, 1.82) is 10.5 Å². The number of carbonyl (C=O) groups excluding carboxylic acids is 4. The van der Waals surface area contributed by atoms with Crippen LogP contribution in [0.5, 0.6) is 0 Å². The summed E-state index contributed by atoms with van der Waals surface area (Å²) in [6.45, 7) is -0.492. The molecule has 11 rings (SSSR count). The van der Waals surface area contributed by atoms with E-state index >= 15 is 9.59 Å². The van der Waals surface area contributed by atoms with Crippen LogP contribution in [0.25, 0.3) is 39.7 Å². The summed E-state index contributed by atoms with van der Waals surface area (Å²) in [5.74, 6) is -8.74. The first-order valence-corrected chi connectivity index (χ1v) is 24.1. The molecule has 0 amide bonds. The molecule has 346 valence electrons. The molecule has 4 heterocycles. The molecule has 0 aliphatic heterocycles. The van der Waals surface area contributed by atoms with Gasteiger partial charge in [-0.1, -0.05) is 60.7 Å². The zero-order valence-electron chi connectivity index (χ0n) is 35.7. The van der Waals surface area contributed by atoms with Crippen LogP contribution in [0.2, 0.25) is 0 Å². The van der Waals surface area contributed by atoms with Gasteiger partial charge in [-0.2, -0.15) is 10.5 Å². The highest BCUT2D eigenvalue weighted by molar-refractivity contribution is 7.41. The van der Waals surface area contributed by atoms with Gasteiger partial charge in [-0.05, 0) is 47.5 Å². The molecule has 3 aliphatic rings. The number of nitriles is 2. The number of fused-ring (bicyclic) bond motifs is 9. The summed E-state index contributed by atoms with van der Waals surface area (Å²) in [6.07, 6.45) is 0. The minimum atomic E-state index is -2.32. The smallest absolute Gasteiger partial charge is 0.333 e. The van der Waals surface area contributed by atoms with Crippen molar-refractivity contribution in [3.63, 3.8) is 0 Å². The van der Waals surface area contributed by atoms with Crippen LogP contribution in [0.4, 0.5) is 27.6 Å². The van der Waals surface area contributed by atoms with Crippen molar-refractivity contribution in [1.82, 2.24) is 0 Å². The van der Waals surface area contributed by atoms with Gasteiger partial charge in [0.15, 0.2) is 23.3 Å². The number of esters is 2. The maximum Gasteiger partial charge on any atom is 0.333 e. The fraction of sp³-hybridized carbons (Fsp3) is 0.0588. The van der Waals surface area contributed by atoms with E-state index in [-0.39, 0.29) is 73.5 Å². The van der Waals surface area contributed by atoms with Gasteiger partial charge in [0.05, 0.1) is 23.9 Å². The Morgan fingerprint density at radius 2 is 1.04 bits per heavy atom. The highest BCUT2D eigenvalue weighted by Crippen LogP contribution is 2.63. The molecule has 4 aromatic heterocycles. The molecular formula is C51H24F4N6O6S4. The third-order valence-electron chi connectivity index (χ3n) is 12.0. The number of Topliss-reactive ketones (excluding diaryl/α,β-unsaturated/α-hetero) is 2. The second-order valence-electron chi connectivity index (χ2n) is 16.0. The van der Waals surface area contributed by atoms with E-state index in [0.29, 0.717) is 45.7 Å². The van der Waals surface area contributed by atoms with Crippen LogP contribution >= 0.6 is 45.3 Å². The molecule has 0 saturated heterocycles.